The molecule has 0 bridgehead atoms. The van der Waals surface area contributed by atoms with Crippen LogP contribution in [0.25, 0.3) is 0 Å². The lowest BCUT2D eigenvalue weighted by Gasteiger charge is -2.20. The molecule has 3 nitrogen and oxygen atoms in total. The molecule has 0 saturated heterocycles. The Hall–Kier alpha value is -0.390. The second-order valence-corrected chi connectivity index (χ2v) is 8.49. The number of hydrogen-bond donors (Lipinski definition) is 1. The van der Waals surface area contributed by atoms with Crippen molar-refractivity contribution in [2.75, 3.05) is 4.66 Å². The highest BCUT2D eigenvalue weighted by Crippen LogP contribution is 2.24. The quantitative estimate of drug-likeness (QED) is 0.859. The zero-order valence-electron chi connectivity index (χ0n) is 11.2. The van der Waals surface area contributed by atoms with Gasteiger partial charge in [-0.1, -0.05) is 61.0 Å². The van der Waals surface area contributed by atoms with E-state index in [0.29, 0.717) is 0 Å². The van der Waals surface area contributed by atoms with Crippen LogP contribution in [0, 0.1) is 0 Å². The fraction of sp³-hybridized carbons (Fsp3) is 0.538. The van der Waals surface area contributed by atoms with E-state index in [-0.39, 0.29) is 16.1 Å². The van der Waals surface area contributed by atoms with Crippen LogP contribution >= 0.6 is 15.9 Å². The van der Waals surface area contributed by atoms with E-state index in [1.54, 1.807) is 0 Å². The first-order chi connectivity index (χ1) is 8.15. The lowest BCUT2D eigenvalue weighted by Crippen LogP contribution is -2.27. The van der Waals surface area contributed by atoms with Crippen molar-refractivity contribution in [1.82, 2.24) is 4.72 Å². The van der Waals surface area contributed by atoms with Crippen LogP contribution in [-0.2, 0) is 15.4 Å². The topological polar surface area (TPSA) is 46.2 Å². The smallest absolute Gasteiger partial charge is 0.212 e. The summed E-state index contributed by atoms with van der Waals surface area (Å²) in [5.74, 6) is 0. The summed E-state index contributed by atoms with van der Waals surface area (Å²) >= 11 is 2.96. The maximum Gasteiger partial charge on any atom is 0.222 e. The number of alkyl halides is 1. The number of sulfonamides is 1. The van der Waals surface area contributed by atoms with Crippen molar-refractivity contribution < 1.29 is 8.42 Å². The lowest BCUT2D eigenvalue weighted by atomic mass is 9.86. The predicted molar refractivity (Wildman–Crippen MR) is 79.4 cm³/mol. The number of rotatable bonds is 4. The van der Waals surface area contributed by atoms with Crippen LogP contribution in [0.15, 0.2) is 24.3 Å². The summed E-state index contributed by atoms with van der Waals surface area (Å²) in [4.78, 5) is 0. The third-order valence-corrected chi connectivity index (χ3v) is 5.58. The molecule has 0 saturated carbocycles. The van der Waals surface area contributed by atoms with Gasteiger partial charge in [-0.25, -0.2) is 13.1 Å². The molecule has 1 aromatic rings. The Morgan fingerprint density at radius 1 is 1.22 bits per heavy atom. The van der Waals surface area contributed by atoms with Gasteiger partial charge in [-0.2, -0.15) is 0 Å². The molecule has 0 aliphatic rings. The molecule has 0 fully saturated rings. The Morgan fingerprint density at radius 3 is 2.11 bits per heavy atom. The van der Waals surface area contributed by atoms with Gasteiger partial charge in [0.15, 0.2) is 0 Å². The molecule has 0 radical (unpaired) electrons. The van der Waals surface area contributed by atoms with Crippen LogP contribution in [0.2, 0.25) is 0 Å². The first-order valence-corrected chi connectivity index (χ1v) is 8.59. The SMILES string of the molecule is CC(NS(=O)(=O)CBr)c1ccc(C(C)(C)C)cc1. The molecule has 0 aromatic heterocycles. The standard InChI is InChI=1S/C13H20BrNO2S/c1-10(15-18(16,17)9-14)11-5-7-12(8-6-11)13(2,3)4/h5-8,10,15H,9H2,1-4H3. The van der Waals surface area contributed by atoms with E-state index in [0.717, 1.165) is 5.56 Å². The van der Waals surface area contributed by atoms with Gasteiger partial charge in [-0.15, -0.1) is 0 Å². The fourth-order valence-electron chi connectivity index (χ4n) is 1.64. The molecule has 0 spiro atoms. The number of benzene rings is 1. The molecule has 1 aromatic carbocycles. The second kappa shape index (κ2) is 5.72. The highest BCUT2D eigenvalue weighted by atomic mass is 79.9. The summed E-state index contributed by atoms with van der Waals surface area (Å²) in [6, 6.07) is 7.83. The van der Waals surface area contributed by atoms with E-state index in [1.807, 2.05) is 31.2 Å². The third kappa shape index (κ3) is 4.37. The van der Waals surface area contributed by atoms with E-state index >= 15 is 0 Å². The van der Waals surface area contributed by atoms with Gasteiger partial charge in [-0.05, 0) is 23.5 Å². The van der Waals surface area contributed by atoms with Crippen LogP contribution in [0.5, 0.6) is 0 Å². The van der Waals surface area contributed by atoms with Gasteiger partial charge in [0, 0.05) is 6.04 Å². The monoisotopic (exact) mass is 333 g/mol. The summed E-state index contributed by atoms with van der Waals surface area (Å²) in [5.41, 5.74) is 2.31. The molecular formula is C13H20BrNO2S. The van der Waals surface area contributed by atoms with Gasteiger partial charge in [0.2, 0.25) is 10.0 Å². The van der Waals surface area contributed by atoms with Crippen LogP contribution in [-0.4, -0.2) is 13.1 Å². The summed E-state index contributed by atoms with van der Waals surface area (Å²) in [7, 11) is -3.24. The summed E-state index contributed by atoms with van der Waals surface area (Å²) < 4.78 is 25.4. The van der Waals surface area contributed by atoms with Gasteiger partial charge < -0.3 is 0 Å². The largest absolute Gasteiger partial charge is 0.222 e. The van der Waals surface area contributed by atoms with Crippen molar-refractivity contribution in [2.45, 2.75) is 39.2 Å². The van der Waals surface area contributed by atoms with E-state index in [4.69, 9.17) is 0 Å². The first kappa shape index (κ1) is 15.7. The molecule has 0 aliphatic heterocycles. The zero-order chi connectivity index (χ0) is 14.0. The Labute approximate surface area is 118 Å². The molecule has 0 amide bonds. The lowest BCUT2D eigenvalue weighted by molar-refractivity contribution is 0.570. The van der Waals surface area contributed by atoms with Crippen LogP contribution < -0.4 is 4.72 Å². The van der Waals surface area contributed by atoms with Crippen molar-refractivity contribution in [1.29, 1.82) is 0 Å². The van der Waals surface area contributed by atoms with Crippen molar-refractivity contribution >= 4 is 26.0 Å². The summed E-state index contributed by atoms with van der Waals surface area (Å²) in [5, 5.41) is 0. The Balaban J connectivity index is 2.86. The van der Waals surface area contributed by atoms with Crippen LogP contribution in [0.3, 0.4) is 0 Å². The van der Waals surface area contributed by atoms with Gasteiger partial charge >= 0.3 is 0 Å². The average molecular weight is 334 g/mol. The van der Waals surface area contributed by atoms with Crippen molar-refractivity contribution in [3.8, 4) is 0 Å². The average Bonchev–Trinajstić information content (AvgIpc) is 2.27. The van der Waals surface area contributed by atoms with Crippen LogP contribution in [0.1, 0.15) is 44.9 Å². The van der Waals surface area contributed by atoms with Gasteiger partial charge in [0.1, 0.15) is 4.66 Å². The zero-order valence-corrected chi connectivity index (χ0v) is 13.6. The summed E-state index contributed by atoms with van der Waals surface area (Å²) in [6.07, 6.45) is 0. The van der Waals surface area contributed by atoms with Crippen molar-refractivity contribution in [2.24, 2.45) is 0 Å². The van der Waals surface area contributed by atoms with Crippen LogP contribution in [0.4, 0.5) is 0 Å². The molecule has 0 heterocycles. The van der Waals surface area contributed by atoms with Crippen molar-refractivity contribution in [3.05, 3.63) is 35.4 Å². The minimum atomic E-state index is -3.24. The molecular weight excluding hydrogens is 314 g/mol. The molecule has 1 unspecified atom stereocenters. The second-order valence-electron chi connectivity index (χ2n) is 5.44. The van der Waals surface area contributed by atoms with E-state index < -0.39 is 10.0 Å². The first-order valence-electron chi connectivity index (χ1n) is 5.82. The highest BCUT2D eigenvalue weighted by molar-refractivity contribution is 9.10. The number of hydrogen-bond acceptors (Lipinski definition) is 2. The molecule has 1 atom stereocenters. The maximum absolute atomic E-state index is 11.5. The van der Waals surface area contributed by atoms with Gasteiger partial charge in [-0.3, -0.25) is 0 Å². The van der Waals surface area contributed by atoms with E-state index in [9.17, 15) is 8.42 Å². The Bertz CT molecular complexity index is 489. The van der Waals surface area contributed by atoms with Gasteiger partial charge in [0.25, 0.3) is 0 Å². The maximum atomic E-state index is 11.5. The minimum Gasteiger partial charge on any atom is -0.212 e. The molecule has 1 N–H and O–H groups in total. The van der Waals surface area contributed by atoms with E-state index in [2.05, 4.69) is 41.4 Å². The molecule has 1 rings (SSSR count). The molecule has 102 valence electrons. The normalized spacial score (nSPS) is 14.5. The Kier molecular flexibility index (Phi) is 4.98. The van der Waals surface area contributed by atoms with Crippen molar-refractivity contribution in [3.63, 3.8) is 0 Å². The number of halogens is 1. The fourth-order valence-corrected chi connectivity index (χ4v) is 2.77. The Morgan fingerprint density at radius 2 is 1.72 bits per heavy atom. The summed E-state index contributed by atoms with van der Waals surface area (Å²) in [6.45, 7) is 8.29. The predicted octanol–water partition coefficient (Wildman–Crippen LogP) is 3.32. The molecule has 0 aliphatic carbocycles. The van der Waals surface area contributed by atoms with Gasteiger partial charge in [0.05, 0.1) is 0 Å². The molecule has 5 heteroatoms. The molecule has 18 heavy (non-hydrogen) atoms. The third-order valence-electron chi connectivity index (χ3n) is 2.78. The highest BCUT2D eigenvalue weighted by Gasteiger charge is 2.16. The number of nitrogens with one attached hydrogen (secondary N) is 1. The minimum absolute atomic E-state index is 0.0790. The van der Waals surface area contributed by atoms with E-state index in [1.165, 1.54) is 5.56 Å².